The molecule has 3 aliphatic rings. The quantitative estimate of drug-likeness (QED) is 0.777. The minimum absolute atomic E-state index is 0.207. The van der Waals surface area contributed by atoms with Gasteiger partial charge in [-0.05, 0) is 0 Å². The Kier molecular flexibility index (Phi) is 4.79. The molecule has 2 bridgehead atoms. The Morgan fingerprint density at radius 2 is 1.92 bits per heavy atom. The van der Waals surface area contributed by atoms with Crippen molar-refractivity contribution in [3.8, 4) is 0 Å². The van der Waals surface area contributed by atoms with Gasteiger partial charge in [0.1, 0.15) is 0 Å². The second-order valence-corrected chi connectivity index (χ2v) is 11.5. The topological polar surface area (TPSA) is 38.7 Å². The first kappa shape index (κ1) is 18.0. The van der Waals surface area contributed by atoms with Gasteiger partial charge in [0.05, 0.1) is 0 Å². The molecule has 1 heterocycles. The molecule has 1 aliphatic heterocycles. The van der Waals surface area contributed by atoms with E-state index in [4.69, 9.17) is 9.47 Å². The van der Waals surface area contributed by atoms with Crippen LogP contribution in [0.3, 0.4) is 0 Å². The summed E-state index contributed by atoms with van der Waals surface area (Å²) in [6.07, 6.45) is 3.83. The summed E-state index contributed by atoms with van der Waals surface area (Å²) in [5.74, 6) is 0.743. The molecule has 0 spiro atoms. The standard InChI is InChI=1S/C21H30O3Se/c1-20(2)14-9-11-21(20,3)17(13-14)24-19-18(22)16(10-12-23-19)25-15-7-5-4-6-8-15/h4-8,14,16-19,22H,9-13H2,1-3H3. The summed E-state index contributed by atoms with van der Waals surface area (Å²) < 4.78 is 13.7. The van der Waals surface area contributed by atoms with Gasteiger partial charge in [-0.3, -0.25) is 0 Å². The number of aliphatic hydroxyl groups is 1. The van der Waals surface area contributed by atoms with Crippen molar-refractivity contribution in [2.45, 2.75) is 69.8 Å². The molecule has 4 heteroatoms. The van der Waals surface area contributed by atoms with Crippen molar-refractivity contribution in [3.63, 3.8) is 0 Å². The van der Waals surface area contributed by atoms with Crippen molar-refractivity contribution in [2.75, 3.05) is 6.61 Å². The summed E-state index contributed by atoms with van der Waals surface area (Å²) in [5.41, 5.74) is 0.531. The van der Waals surface area contributed by atoms with E-state index in [0.717, 1.165) is 18.8 Å². The number of rotatable bonds is 4. The molecule has 3 nitrogen and oxygen atoms in total. The normalized spacial score (nSPS) is 42.6. The maximum atomic E-state index is 10.9. The van der Waals surface area contributed by atoms with Gasteiger partial charge in [0.15, 0.2) is 0 Å². The van der Waals surface area contributed by atoms with Crippen LogP contribution in [0.5, 0.6) is 0 Å². The molecule has 138 valence electrons. The van der Waals surface area contributed by atoms with Crippen molar-refractivity contribution in [3.05, 3.63) is 30.3 Å². The molecule has 2 saturated carbocycles. The molecular formula is C21H30O3Se. The Balaban J connectivity index is 1.43. The maximum absolute atomic E-state index is 10.9. The van der Waals surface area contributed by atoms with Crippen LogP contribution in [0.2, 0.25) is 4.82 Å². The second-order valence-electron chi connectivity index (χ2n) is 8.72. The number of ether oxygens (including phenoxy) is 2. The number of benzene rings is 1. The third-order valence-electron chi connectivity index (χ3n) is 7.39. The zero-order valence-electron chi connectivity index (χ0n) is 15.5. The van der Waals surface area contributed by atoms with Gasteiger partial charge in [-0.1, -0.05) is 0 Å². The molecular weight excluding hydrogens is 379 g/mol. The number of hydrogen-bond acceptors (Lipinski definition) is 3. The summed E-state index contributed by atoms with van der Waals surface area (Å²) in [6.45, 7) is 7.86. The molecule has 1 N–H and O–H groups in total. The fourth-order valence-electron chi connectivity index (χ4n) is 5.17. The van der Waals surface area contributed by atoms with Crippen LogP contribution in [0.15, 0.2) is 30.3 Å². The van der Waals surface area contributed by atoms with E-state index < -0.39 is 12.4 Å². The SMILES string of the molecule is CC1(C)C2CCC1(C)C(OC1OCCC([Se]c3ccccc3)C1O)C2. The van der Waals surface area contributed by atoms with Crippen LogP contribution >= 0.6 is 0 Å². The van der Waals surface area contributed by atoms with E-state index >= 15 is 0 Å². The molecule has 3 fully saturated rings. The fraction of sp³-hybridized carbons (Fsp3) is 0.714. The zero-order chi connectivity index (χ0) is 17.7. The molecule has 25 heavy (non-hydrogen) atoms. The van der Waals surface area contributed by atoms with E-state index in [0.29, 0.717) is 12.0 Å². The van der Waals surface area contributed by atoms with Crippen LogP contribution in [0.25, 0.3) is 0 Å². The van der Waals surface area contributed by atoms with Crippen molar-refractivity contribution in [1.29, 1.82) is 0 Å². The summed E-state index contributed by atoms with van der Waals surface area (Å²) >= 11 is 0.254. The fourth-order valence-corrected chi connectivity index (χ4v) is 7.57. The van der Waals surface area contributed by atoms with Crippen molar-refractivity contribution in [1.82, 2.24) is 0 Å². The average Bonchev–Trinajstić information content (AvgIpc) is 2.93. The minimum atomic E-state index is -0.514. The van der Waals surface area contributed by atoms with Crippen LogP contribution in [0.4, 0.5) is 0 Å². The first-order chi connectivity index (χ1) is 11.9. The molecule has 0 amide bonds. The Bertz CT molecular complexity index is 604. The van der Waals surface area contributed by atoms with Crippen LogP contribution in [0, 0.1) is 16.7 Å². The first-order valence-corrected chi connectivity index (χ1v) is 11.4. The van der Waals surface area contributed by atoms with Gasteiger partial charge in [-0.15, -0.1) is 0 Å². The van der Waals surface area contributed by atoms with Gasteiger partial charge < -0.3 is 0 Å². The molecule has 1 saturated heterocycles. The van der Waals surface area contributed by atoms with Gasteiger partial charge in [0.25, 0.3) is 0 Å². The molecule has 4 rings (SSSR count). The summed E-state index contributed by atoms with van der Waals surface area (Å²) in [7, 11) is 0. The van der Waals surface area contributed by atoms with E-state index in [1.807, 2.05) is 6.07 Å². The molecule has 0 radical (unpaired) electrons. The Morgan fingerprint density at radius 3 is 2.56 bits per heavy atom. The average molecular weight is 409 g/mol. The van der Waals surface area contributed by atoms with Crippen LogP contribution in [-0.4, -0.2) is 45.2 Å². The predicted molar refractivity (Wildman–Crippen MR) is 100 cm³/mol. The summed E-state index contributed by atoms with van der Waals surface area (Å²) in [6, 6.07) is 10.5. The van der Waals surface area contributed by atoms with Crippen LogP contribution < -0.4 is 4.46 Å². The van der Waals surface area contributed by atoms with Gasteiger partial charge in [0, 0.05) is 0 Å². The van der Waals surface area contributed by atoms with Crippen LogP contribution in [-0.2, 0) is 9.47 Å². The van der Waals surface area contributed by atoms with Gasteiger partial charge in [-0.2, -0.15) is 0 Å². The number of aliphatic hydroxyl groups excluding tert-OH is 1. The zero-order valence-corrected chi connectivity index (χ0v) is 17.2. The van der Waals surface area contributed by atoms with Gasteiger partial charge in [0.2, 0.25) is 0 Å². The summed E-state index contributed by atoms with van der Waals surface area (Å²) in [5, 5.41) is 10.9. The third-order valence-corrected chi connectivity index (χ3v) is 10.2. The third kappa shape index (κ3) is 3.00. The number of hydrogen-bond donors (Lipinski definition) is 1. The van der Waals surface area contributed by atoms with Gasteiger partial charge in [-0.25, -0.2) is 0 Å². The molecule has 6 atom stereocenters. The predicted octanol–water partition coefficient (Wildman–Crippen LogP) is 3.14. The number of fused-ring (bicyclic) bond motifs is 2. The first-order valence-electron chi connectivity index (χ1n) is 9.59. The van der Waals surface area contributed by atoms with E-state index in [-0.39, 0.29) is 31.3 Å². The van der Waals surface area contributed by atoms with E-state index in [1.165, 1.54) is 17.3 Å². The monoisotopic (exact) mass is 410 g/mol. The van der Waals surface area contributed by atoms with Crippen molar-refractivity contribution >= 4 is 19.4 Å². The Morgan fingerprint density at radius 1 is 1.16 bits per heavy atom. The summed E-state index contributed by atoms with van der Waals surface area (Å²) in [4.78, 5) is 0.271. The van der Waals surface area contributed by atoms with Crippen molar-refractivity contribution in [2.24, 2.45) is 16.7 Å². The van der Waals surface area contributed by atoms with E-state index in [2.05, 4.69) is 45.0 Å². The molecule has 1 aromatic carbocycles. The molecule has 2 aliphatic carbocycles. The van der Waals surface area contributed by atoms with Crippen LogP contribution in [0.1, 0.15) is 46.5 Å². The Labute approximate surface area is 157 Å². The molecule has 0 aromatic heterocycles. The van der Waals surface area contributed by atoms with E-state index in [1.54, 1.807) is 0 Å². The molecule has 1 aromatic rings. The van der Waals surface area contributed by atoms with E-state index in [9.17, 15) is 5.11 Å². The van der Waals surface area contributed by atoms with Gasteiger partial charge >= 0.3 is 157 Å². The second kappa shape index (κ2) is 6.65. The Hall–Kier alpha value is -0.381. The van der Waals surface area contributed by atoms with Crippen molar-refractivity contribution < 1.29 is 14.6 Å². The molecule has 6 unspecified atom stereocenters.